The lowest BCUT2D eigenvalue weighted by atomic mass is 10.1. The van der Waals surface area contributed by atoms with Crippen molar-refractivity contribution in [3.63, 3.8) is 0 Å². The molecule has 0 bridgehead atoms. The third kappa shape index (κ3) is 5.93. The van der Waals surface area contributed by atoms with Gasteiger partial charge >= 0.3 is 12.3 Å². The lowest BCUT2D eigenvalue weighted by Crippen LogP contribution is -2.31. The summed E-state index contributed by atoms with van der Waals surface area (Å²) in [5.41, 5.74) is 0.0985. The Hall–Kier alpha value is -1.92. The molecule has 0 saturated heterocycles. The van der Waals surface area contributed by atoms with Crippen LogP contribution in [0.2, 0.25) is 0 Å². The Morgan fingerprint density at radius 1 is 1.29 bits per heavy atom. The topological polar surface area (TPSA) is 47.6 Å². The highest BCUT2D eigenvalue weighted by atomic mass is 19.4. The molecule has 0 amide bonds. The van der Waals surface area contributed by atoms with Crippen LogP contribution in [0.4, 0.5) is 18.9 Å². The van der Waals surface area contributed by atoms with E-state index in [0.717, 1.165) is 0 Å². The largest absolute Gasteiger partial charge is 0.573 e. The molecule has 1 unspecified atom stereocenters. The molecule has 118 valence electrons. The second kappa shape index (κ2) is 7.75. The SMILES string of the molecule is CCCC(Nc1ccccc1OC(F)(F)F)C(=O)OCC. The maximum Gasteiger partial charge on any atom is 0.573 e. The van der Waals surface area contributed by atoms with Gasteiger partial charge in [-0.3, -0.25) is 0 Å². The summed E-state index contributed by atoms with van der Waals surface area (Å²) in [6, 6.07) is 4.87. The van der Waals surface area contributed by atoms with Gasteiger partial charge in [0.25, 0.3) is 0 Å². The van der Waals surface area contributed by atoms with E-state index in [1.54, 1.807) is 13.0 Å². The molecule has 0 aliphatic rings. The van der Waals surface area contributed by atoms with Gasteiger partial charge in [0.05, 0.1) is 12.3 Å². The van der Waals surface area contributed by atoms with Gasteiger partial charge in [-0.2, -0.15) is 0 Å². The molecule has 0 fully saturated rings. The zero-order chi connectivity index (χ0) is 15.9. The molecule has 1 aromatic rings. The van der Waals surface area contributed by atoms with E-state index in [1.807, 2.05) is 6.92 Å². The Morgan fingerprint density at radius 2 is 1.95 bits per heavy atom. The van der Waals surface area contributed by atoms with Crippen molar-refractivity contribution in [1.29, 1.82) is 0 Å². The van der Waals surface area contributed by atoms with E-state index in [0.29, 0.717) is 12.8 Å². The summed E-state index contributed by atoms with van der Waals surface area (Å²) >= 11 is 0. The predicted molar refractivity (Wildman–Crippen MR) is 72.1 cm³/mol. The number of carbonyl (C=O) groups excluding carboxylic acids is 1. The van der Waals surface area contributed by atoms with E-state index < -0.39 is 18.4 Å². The van der Waals surface area contributed by atoms with E-state index >= 15 is 0 Å². The van der Waals surface area contributed by atoms with Crippen LogP contribution in [-0.2, 0) is 9.53 Å². The predicted octanol–water partition coefficient (Wildman–Crippen LogP) is 3.73. The second-order valence-corrected chi connectivity index (χ2v) is 4.28. The molecule has 1 atom stereocenters. The number of halogens is 3. The van der Waals surface area contributed by atoms with Crippen LogP contribution >= 0.6 is 0 Å². The van der Waals surface area contributed by atoms with Crippen LogP contribution < -0.4 is 10.1 Å². The van der Waals surface area contributed by atoms with Gasteiger partial charge in [-0.15, -0.1) is 13.2 Å². The molecule has 1 aromatic carbocycles. The molecule has 1 rings (SSSR count). The van der Waals surface area contributed by atoms with Gasteiger partial charge in [0.15, 0.2) is 5.75 Å². The molecule has 0 saturated carbocycles. The molecule has 21 heavy (non-hydrogen) atoms. The van der Waals surface area contributed by atoms with Gasteiger partial charge in [-0.1, -0.05) is 25.5 Å². The summed E-state index contributed by atoms with van der Waals surface area (Å²) in [6.45, 7) is 3.75. The Kier molecular flexibility index (Phi) is 6.33. The van der Waals surface area contributed by atoms with Crippen molar-refractivity contribution in [2.75, 3.05) is 11.9 Å². The molecule has 0 aromatic heterocycles. The molecule has 7 heteroatoms. The van der Waals surface area contributed by atoms with Crippen LogP contribution in [0.3, 0.4) is 0 Å². The minimum atomic E-state index is -4.79. The number of esters is 1. The number of nitrogens with one attached hydrogen (secondary N) is 1. The number of carbonyl (C=O) groups is 1. The summed E-state index contributed by atoms with van der Waals surface area (Å²) < 4.78 is 45.9. The normalized spacial score (nSPS) is 12.6. The first-order valence-electron chi connectivity index (χ1n) is 6.65. The highest BCUT2D eigenvalue weighted by Gasteiger charge is 2.32. The number of anilines is 1. The summed E-state index contributed by atoms with van der Waals surface area (Å²) in [7, 11) is 0. The van der Waals surface area contributed by atoms with Crippen LogP contribution in [0, 0.1) is 0 Å². The molecule has 1 N–H and O–H groups in total. The molecule has 0 aliphatic heterocycles. The molecule has 0 spiro atoms. The van der Waals surface area contributed by atoms with E-state index in [9.17, 15) is 18.0 Å². The molecule has 0 radical (unpaired) electrons. The van der Waals surface area contributed by atoms with E-state index in [1.165, 1.54) is 18.2 Å². The summed E-state index contributed by atoms with van der Waals surface area (Å²) in [5, 5.41) is 2.76. The van der Waals surface area contributed by atoms with Gasteiger partial charge < -0.3 is 14.8 Å². The quantitative estimate of drug-likeness (QED) is 0.780. The fourth-order valence-corrected chi connectivity index (χ4v) is 1.77. The Labute approximate surface area is 121 Å². The van der Waals surface area contributed by atoms with Crippen molar-refractivity contribution in [2.24, 2.45) is 0 Å². The van der Waals surface area contributed by atoms with Crippen LogP contribution in [0.1, 0.15) is 26.7 Å². The zero-order valence-electron chi connectivity index (χ0n) is 11.9. The highest BCUT2D eigenvalue weighted by Crippen LogP contribution is 2.30. The number of ether oxygens (including phenoxy) is 2. The average molecular weight is 305 g/mol. The van der Waals surface area contributed by atoms with E-state index in [4.69, 9.17) is 4.74 Å². The Bertz CT molecular complexity index is 463. The van der Waals surface area contributed by atoms with Crippen molar-refractivity contribution >= 4 is 11.7 Å². The van der Waals surface area contributed by atoms with Crippen LogP contribution in [-0.4, -0.2) is 25.0 Å². The number of hydrogen-bond donors (Lipinski definition) is 1. The van der Waals surface area contributed by atoms with Gasteiger partial charge in [0, 0.05) is 0 Å². The van der Waals surface area contributed by atoms with Gasteiger partial charge in [-0.05, 0) is 25.5 Å². The standard InChI is InChI=1S/C14H18F3NO3/c1-3-7-11(13(19)20-4-2)18-10-8-5-6-9-12(10)21-14(15,16)17/h5-6,8-9,11,18H,3-4,7H2,1-2H3. The Balaban J connectivity index is 2.90. The van der Waals surface area contributed by atoms with Gasteiger partial charge in [-0.25, -0.2) is 4.79 Å². The Morgan fingerprint density at radius 3 is 2.52 bits per heavy atom. The number of hydrogen-bond acceptors (Lipinski definition) is 4. The van der Waals surface area contributed by atoms with Crippen LogP contribution in [0.15, 0.2) is 24.3 Å². The maximum absolute atomic E-state index is 12.3. The molecule has 0 heterocycles. The van der Waals surface area contributed by atoms with Crippen LogP contribution in [0.5, 0.6) is 5.75 Å². The number of benzene rings is 1. The first-order chi connectivity index (χ1) is 9.87. The van der Waals surface area contributed by atoms with Gasteiger partial charge in [0.1, 0.15) is 6.04 Å². The van der Waals surface area contributed by atoms with Crippen molar-refractivity contribution in [3.8, 4) is 5.75 Å². The van der Waals surface area contributed by atoms with Crippen molar-refractivity contribution in [3.05, 3.63) is 24.3 Å². The van der Waals surface area contributed by atoms with E-state index in [-0.39, 0.29) is 18.0 Å². The van der Waals surface area contributed by atoms with Crippen molar-refractivity contribution in [2.45, 2.75) is 39.1 Å². The summed E-state index contributed by atoms with van der Waals surface area (Å²) in [4.78, 5) is 11.8. The molecular weight excluding hydrogens is 287 g/mol. The number of alkyl halides is 3. The van der Waals surface area contributed by atoms with Crippen molar-refractivity contribution < 1.29 is 27.4 Å². The zero-order valence-corrected chi connectivity index (χ0v) is 11.9. The smallest absolute Gasteiger partial charge is 0.464 e. The lowest BCUT2D eigenvalue weighted by Gasteiger charge is -2.20. The summed E-state index contributed by atoms with van der Waals surface area (Å²) in [5.74, 6) is -0.878. The number of para-hydroxylation sites is 2. The fourth-order valence-electron chi connectivity index (χ4n) is 1.77. The lowest BCUT2D eigenvalue weighted by molar-refractivity contribution is -0.274. The highest BCUT2D eigenvalue weighted by molar-refractivity contribution is 5.80. The third-order valence-corrected chi connectivity index (χ3v) is 2.59. The first kappa shape index (κ1) is 17.1. The average Bonchev–Trinajstić information content (AvgIpc) is 2.39. The van der Waals surface area contributed by atoms with E-state index in [2.05, 4.69) is 10.1 Å². The first-order valence-corrected chi connectivity index (χ1v) is 6.65. The summed E-state index contributed by atoms with van der Waals surface area (Å²) in [6.07, 6.45) is -3.67. The fraction of sp³-hybridized carbons (Fsp3) is 0.500. The minimum Gasteiger partial charge on any atom is -0.464 e. The maximum atomic E-state index is 12.3. The molecule has 0 aliphatic carbocycles. The van der Waals surface area contributed by atoms with Crippen LogP contribution in [0.25, 0.3) is 0 Å². The monoisotopic (exact) mass is 305 g/mol. The van der Waals surface area contributed by atoms with Gasteiger partial charge in [0.2, 0.25) is 0 Å². The molecular formula is C14H18F3NO3. The second-order valence-electron chi connectivity index (χ2n) is 4.28. The van der Waals surface area contributed by atoms with Crippen molar-refractivity contribution in [1.82, 2.24) is 0 Å². The minimum absolute atomic E-state index is 0.0985. The molecule has 4 nitrogen and oxygen atoms in total. The third-order valence-electron chi connectivity index (χ3n) is 2.59. The number of rotatable bonds is 7.